The second-order valence-electron chi connectivity index (χ2n) is 7.41. The Hall–Kier alpha value is -3.91. The molecule has 3 aromatic rings. The molecule has 0 saturated carbocycles. The molecule has 0 aromatic heterocycles. The van der Waals surface area contributed by atoms with Crippen LogP contribution in [0, 0.1) is 0 Å². The summed E-state index contributed by atoms with van der Waals surface area (Å²) < 4.78 is 16.5. The van der Waals surface area contributed by atoms with E-state index in [0.717, 1.165) is 16.3 Å². The average Bonchev–Trinajstić information content (AvgIpc) is 2.87. The van der Waals surface area contributed by atoms with Crippen LogP contribution in [-0.2, 0) is 14.3 Å². The average molecular weight is 447 g/mol. The minimum atomic E-state index is -0.360. The number of fused-ring (bicyclic) bond motifs is 1. The van der Waals surface area contributed by atoms with Gasteiger partial charge in [-0.3, -0.25) is 9.59 Å². The summed E-state index contributed by atoms with van der Waals surface area (Å²) in [5.74, 6) is 0.814. The number of ether oxygens (including phenoxy) is 3. The molecule has 0 bridgehead atoms. The lowest BCUT2D eigenvalue weighted by Gasteiger charge is -2.26. The van der Waals surface area contributed by atoms with Gasteiger partial charge in [-0.05, 0) is 41.3 Å². The summed E-state index contributed by atoms with van der Waals surface area (Å²) >= 11 is 0. The minimum Gasteiger partial charge on any atom is -0.484 e. The van der Waals surface area contributed by atoms with Gasteiger partial charge < -0.3 is 19.1 Å². The Kier molecular flexibility index (Phi) is 7.50. The van der Waals surface area contributed by atoms with E-state index in [9.17, 15) is 9.59 Å². The van der Waals surface area contributed by atoms with Gasteiger partial charge >= 0.3 is 0 Å². The summed E-state index contributed by atoms with van der Waals surface area (Å²) in [6.45, 7) is 2.15. The molecule has 0 atom stereocenters. The Morgan fingerprint density at radius 3 is 2.52 bits per heavy atom. The van der Waals surface area contributed by atoms with Crippen LogP contribution < -0.4 is 14.9 Å². The number of nitrogens with one attached hydrogen (secondary N) is 1. The van der Waals surface area contributed by atoms with E-state index in [1.54, 1.807) is 29.2 Å². The van der Waals surface area contributed by atoms with Gasteiger partial charge in [0.2, 0.25) is 0 Å². The maximum atomic E-state index is 12.1. The maximum absolute atomic E-state index is 12.1. The van der Waals surface area contributed by atoms with Gasteiger partial charge in [-0.2, -0.15) is 5.10 Å². The first-order valence-corrected chi connectivity index (χ1v) is 10.7. The maximum Gasteiger partial charge on any atom is 0.277 e. The number of rotatable bonds is 8. The minimum absolute atomic E-state index is 0.0137. The van der Waals surface area contributed by atoms with Gasteiger partial charge in [0, 0.05) is 18.5 Å². The molecule has 33 heavy (non-hydrogen) atoms. The Labute approximate surface area is 191 Å². The summed E-state index contributed by atoms with van der Waals surface area (Å²) in [5.41, 5.74) is 3.23. The van der Waals surface area contributed by atoms with Crippen LogP contribution in [0.4, 0.5) is 0 Å². The van der Waals surface area contributed by atoms with E-state index in [2.05, 4.69) is 10.5 Å². The molecule has 1 aliphatic rings. The van der Waals surface area contributed by atoms with Crippen LogP contribution in [0.5, 0.6) is 11.5 Å². The van der Waals surface area contributed by atoms with Crippen molar-refractivity contribution in [3.05, 3.63) is 72.3 Å². The molecule has 3 aromatic carbocycles. The Morgan fingerprint density at radius 1 is 0.939 bits per heavy atom. The Morgan fingerprint density at radius 2 is 1.70 bits per heavy atom. The van der Waals surface area contributed by atoms with Crippen molar-refractivity contribution in [2.45, 2.75) is 0 Å². The van der Waals surface area contributed by atoms with Crippen molar-refractivity contribution in [3.63, 3.8) is 0 Å². The molecule has 8 heteroatoms. The predicted octanol–water partition coefficient (Wildman–Crippen LogP) is 2.61. The van der Waals surface area contributed by atoms with Crippen molar-refractivity contribution in [3.8, 4) is 11.5 Å². The zero-order valence-electron chi connectivity index (χ0n) is 18.1. The van der Waals surface area contributed by atoms with Crippen molar-refractivity contribution >= 4 is 28.8 Å². The number of benzene rings is 3. The third-order valence-corrected chi connectivity index (χ3v) is 5.12. The van der Waals surface area contributed by atoms with E-state index in [1.807, 2.05) is 42.5 Å². The highest BCUT2D eigenvalue weighted by atomic mass is 16.5. The highest BCUT2D eigenvalue weighted by Crippen LogP contribution is 2.24. The zero-order valence-corrected chi connectivity index (χ0v) is 18.1. The number of hydrogen-bond acceptors (Lipinski definition) is 6. The molecule has 0 unspecified atom stereocenters. The lowest BCUT2D eigenvalue weighted by Crippen LogP contribution is -2.42. The molecule has 170 valence electrons. The van der Waals surface area contributed by atoms with Crippen LogP contribution >= 0.6 is 0 Å². The molecule has 1 aliphatic heterocycles. The SMILES string of the molecule is O=C(COc1cccc2ccccc12)N/N=C/c1ccc(OCC(=O)N2CCOCC2)cc1. The third kappa shape index (κ3) is 6.30. The summed E-state index contributed by atoms with van der Waals surface area (Å²) in [6, 6.07) is 20.6. The van der Waals surface area contributed by atoms with E-state index >= 15 is 0 Å². The zero-order chi connectivity index (χ0) is 22.9. The van der Waals surface area contributed by atoms with E-state index in [0.29, 0.717) is 37.8 Å². The Bertz CT molecular complexity index is 1120. The lowest BCUT2D eigenvalue weighted by atomic mass is 10.1. The quantitative estimate of drug-likeness (QED) is 0.424. The van der Waals surface area contributed by atoms with Crippen LogP contribution in [-0.4, -0.2) is 62.4 Å². The standard InChI is InChI=1S/C25H25N3O5/c29-24(17-33-23-7-3-5-20-4-1-2-6-22(20)23)27-26-16-19-8-10-21(11-9-19)32-18-25(30)28-12-14-31-15-13-28/h1-11,16H,12-15,17-18H2,(H,27,29)/b26-16+. The number of hydrazone groups is 1. The second-order valence-corrected chi connectivity index (χ2v) is 7.41. The molecule has 0 radical (unpaired) electrons. The fraction of sp³-hybridized carbons (Fsp3) is 0.240. The molecule has 0 spiro atoms. The van der Waals surface area contributed by atoms with Crippen LogP contribution in [0.2, 0.25) is 0 Å². The van der Waals surface area contributed by atoms with Crippen LogP contribution in [0.25, 0.3) is 10.8 Å². The molecule has 1 heterocycles. The smallest absolute Gasteiger partial charge is 0.277 e. The van der Waals surface area contributed by atoms with E-state index < -0.39 is 0 Å². The lowest BCUT2D eigenvalue weighted by molar-refractivity contribution is -0.137. The monoisotopic (exact) mass is 447 g/mol. The molecule has 4 rings (SSSR count). The number of carbonyl (C=O) groups is 2. The first-order valence-electron chi connectivity index (χ1n) is 10.7. The van der Waals surface area contributed by atoms with Crippen molar-refractivity contribution in [1.29, 1.82) is 0 Å². The van der Waals surface area contributed by atoms with Crippen molar-refractivity contribution in [2.24, 2.45) is 5.10 Å². The third-order valence-electron chi connectivity index (χ3n) is 5.12. The van der Waals surface area contributed by atoms with Crippen LogP contribution in [0.1, 0.15) is 5.56 Å². The largest absolute Gasteiger partial charge is 0.484 e. The fourth-order valence-electron chi connectivity index (χ4n) is 3.38. The fourth-order valence-corrected chi connectivity index (χ4v) is 3.38. The molecule has 8 nitrogen and oxygen atoms in total. The highest BCUT2D eigenvalue weighted by Gasteiger charge is 2.17. The molecule has 1 saturated heterocycles. The van der Waals surface area contributed by atoms with Gasteiger partial charge in [-0.15, -0.1) is 0 Å². The summed E-state index contributed by atoms with van der Waals surface area (Å²) in [4.78, 5) is 25.9. The molecule has 0 aliphatic carbocycles. The molecular formula is C25H25N3O5. The highest BCUT2D eigenvalue weighted by molar-refractivity contribution is 5.89. The van der Waals surface area contributed by atoms with Gasteiger partial charge in [0.25, 0.3) is 11.8 Å². The van der Waals surface area contributed by atoms with Crippen molar-refractivity contribution < 1.29 is 23.8 Å². The van der Waals surface area contributed by atoms with Gasteiger partial charge in [0.05, 0.1) is 19.4 Å². The van der Waals surface area contributed by atoms with E-state index in [-0.39, 0.29) is 25.0 Å². The molecule has 1 N–H and O–H groups in total. The van der Waals surface area contributed by atoms with Gasteiger partial charge in [-0.1, -0.05) is 36.4 Å². The number of nitrogens with zero attached hydrogens (tertiary/aromatic N) is 2. The number of hydrogen-bond donors (Lipinski definition) is 1. The number of morpholine rings is 1. The first-order chi connectivity index (χ1) is 16.2. The molecular weight excluding hydrogens is 422 g/mol. The molecule has 1 fully saturated rings. The van der Waals surface area contributed by atoms with E-state index in [1.165, 1.54) is 6.21 Å². The van der Waals surface area contributed by atoms with Crippen molar-refractivity contribution in [2.75, 3.05) is 39.5 Å². The Balaban J connectivity index is 1.21. The summed E-state index contributed by atoms with van der Waals surface area (Å²) in [5, 5.41) is 5.96. The van der Waals surface area contributed by atoms with Crippen LogP contribution in [0.3, 0.4) is 0 Å². The van der Waals surface area contributed by atoms with E-state index in [4.69, 9.17) is 14.2 Å². The summed E-state index contributed by atoms with van der Waals surface area (Å²) in [7, 11) is 0. The van der Waals surface area contributed by atoms with Gasteiger partial charge in [-0.25, -0.2) is 5.43 Å². The molecule has 2 amide bonds. The number of amides is 2. The van der Waals surface area contributed by atoms with Gasteiger partial charge in [0.1, 0.15) is 11.5 Å². The summed E-state index contributed by atoms with van der Waals surface area (Å²) in [6.07, 6.45) is 1.53. The topological polar surface area (TPSA) is 89.5 Å². The first kappa shape index (κ1) is 22.3. The second kappa shape index (κ2) is 11.1. The normalized spacial score (nSPS) is 13.8. The van der Waals surface area contributed by atoms with Crippen molar-refractivity contribution in [1.82, 2.24) is 10.3 Å². The van der Waals surface area contributed by atoms with Crippen LogP contribution in [0.15, 0.2) is 71.8 Å². The predicted molar refractivity (Wildman–Crippen MR) is 125 cm³/mol. The number of carbonyl (C=O) groups excluding carboxylic acids is 2. The van der Waals surface area contributed by atoms with Gasteiger partial charge in [0.15, 0.2) is 13.2 Å².